The number of ether oxygens (including phenoxy) is 2. The maximum Gasteiger partial charge on any atom is 0.201 e. The molecule has 0 N–H and O–H groups in total. The van der Waals surface area contributed by atoms with Crippen LogP contribution in [-0.2, 0) is 0 Å². The average Bonchev–Trinajstić information content (AvgIpc) is 2.91. The molecule has 0 aliphatic heterocycles. The molecule has 5 heteroatoms. The first-order chi connectivity index (χ1) is 18.0. The average molecular weight is 513 g/mol. The minimum atomic E-state index is -1.11. The van der Waals surface area contributed by atoms with Gasteiger partial charge in [0.2, 0.25) is 5.82 Å². The molecule has 3 aromatic carbocycles. The molecule has 3 rings (SSSR count). The summed E-state index contributed by atoms with van der Waals surface area (Å²) in [4.78, 5) is 0. The van der Waals surface area contributed by atoms with Gasteiger partial charge in [0.15, 0.2) is 11.6 Å². The molecule has 0 bridgehead atoms. The lowest BCUT2D eigenvalue weighted by Gasteiger charge is -2.12. The summed E-state index contributed by atoms with van der Waals surface area (Å²) < 4.78 is 55.6. The van der Waals surface area contributed by atoms with Crippen LogP contribution in [0.5, 0.6) is 11.5 Å². The molecule has 2 nitrogen and oxygen atoms in total. The molecule has 0 atom stereocenters. The van der Waals surface area contributed by atoms with Crippen molar-refractivity contribution in [1.82, 2.24) is 0 Å². The van der Waals surface area contributed by atoms with Crippen LogP contribution in [0.15, 0.2) is 54.6 Å². The molecule has 0 radical (unpaired) electrons. The third kappa shape index (κ3) is 8.55. The molecule has 0 amide bonds. The van der Waals surface area contributed by atoms with E-state index < -0.39 is 17.5 Å². The predicted octanol–water partition coefficient (Wildman–Crippen LogP) is 10.1. The normalized spacial score (nSPS) is 11.1. The van der Waals surface area contributed by atoms with Crippen molar-refractivity contribution < 1.29 is 22.6 Å². The van der Waals surface area contributed by atoms with Crippen molar-refractivity contribution in [3.8, 4) is 33.8 Å². The lowest BCUT2D eigenvalue weighted by Crippen LogP contribution is -2.02. The predicted molar refractivity (Wildman–Crippen MR) is 146 cm³/mol. The van der Waals surface area contributed by atoms with E-state index in [1.807, 2.05) is 24.3 Å². The Labute approximate surface area is 219 Å². The van der Waals surface area contributed by atoms with Crippen molar-refractivity contribution in [2.24, 2.45) is 0 Å². The smallest absolute Gasteiger partial charge is 0.201 e. The van der Waals surface area contributed by atoms with E-state index in [2.05, 4.69) is 13.8 Å². The summed E-state index contributed by atoms with van der Waals surface area (Å²) in [7, 11) is 0. The van der Waals surface area contributed by atoms with Gasteiger partial charge in [-0.1, -0.05) is 89.5 Å². The summed E-state index contributed by atoms with van der Waals surface area (Å²) in [5, 5.41) is 0. The molecule has 0 unspecified atom stereocenters. The summed E-state index contributed by atoms with van der Waals surface area (Å²) in [5.41, 5.74) is 1.35. The van der Waals surface area contributed by atoms with Gasteiger partial charge in [0.25, 0.3) is 0 Å². The third-order valence-electron chi connectivity index (χ3n) is 6.52. The molecule has 0 saturated carbocycles. The Kier molecular flexibility index (Phi) is 11.9. The van der Waals surface area contributed by atoms with Gasteiger partial charge in [-0.3, -0.25) is 0 Å². The van der Waals surface area contributed by atoms with Crippen LogP contribution in [0.25, 0.3) is 22.3 Å². The standard InChI is InChI=1S/C32H39F3O2/c1-3-5-7-9-10-12-21-36-26-16-13-24(14-17-26)25-15-18-27(29(33)23-25)28-19-20-30(32(35)31(28)34)37-22-11-8-6-4-2/h13-20,23H,3-12,21-22H2,1-2H3. The third-order valence-corrected chi connectivity index (χ3v) is 6.52. The highest BCUT2D eigenvalue weighted by Gasteiger charge is 2.18. The number of hydrogen-bond acceptors (Lipinski definition) is 2. The van der Waals surface area contributed by atoms with Crippen LogP contribution in [0.4, 0.5) is 13.2 Å². The zero-order chi connectivity index (χ0) is 26.5. The first-order valence-electron chi connectivity index (χ1n) is 13.7. The van der Waals surface area contributed by atoms with E-state index in [9.17, 15) is 8.78 Å². The first kappa shape index (κ1) is 28.6. The molecule has 0 aromatic heterocycles. The Morgan fingerprint density at radius 2 is 1.11 bits per heavy atom. The largest absolute Gasteiger partial charge is 0.494 e. The number of unbranched alkanes of at least 4 members (excludes halogenated alkanes) is 8. The fourth-order valence-corrected chi connectivity index (χ4v) is 4.29. The van der Waals surface area contributed by atoms with Gasteiger partial charge >= 0.3 is 0 Å². The summed E-state index contributed by atoms with van der Waals surface area (Å²) in [5.74, 6) is -2.18. The number of benzene rings is 3. The quantitative estimate of drug-likeness (QED) is 0.178. The van der Waals surface area contributed by atoms with Gasteiger partial charge in [-0.15, -0.1) is 0 Å². The highest BCUT2D eigenvalue weighted by atomic mass is 19.2. The molecular formula is C32H39F3O2. The minimum absolute atomic E-state index is 0.00790. The van der Waals surface area contributed by atoms with Crippen LogP contribution in [-0.4, -0.2) is 13.2 Å². The van der Waals surface area contributed by atoms with E-state index in [0.717, 1.165) is 43.4 Å². The highest BCUT2D eigenvalue weighted by molar-refractivity contribution is 5.72. The molecular weight excluding hydrogens is 473 g/mol. The second-order valence-corrected chi connectivity index (χ2v) is 9.48. The van der Waals surface area contributed by atoms with E-state index in [-0.39, 0.29) is 16.9 Å². The van der Waals surface area contributed by atoms with Crippen molar-refractivity contribution in [2.45, 2.75) is 78.1 Å². The lowest BCUT2D eigenvalue weighted by molar-refractivity contribution is 0.285. The Hall–Kier alpha value is -2.95. The fraction of sp³-hybridized carbons (Fsp3) is 0.438. The van der Waals surface area contributed by atoms with Gasteiger partial charge in [0, 0.05) is 11.1 Å². The van der Waals surface area contributed by atoms with Crippen LogP contribution in [0, 0.1) is 17.5 Å². The van der Waals surface area contributed by atoms with E-state index in [0.29, 0.717) is 18.8 Å². The SMILES string of the molecule is CCCCCCCCOc1ccc(-c2ccc(-c3ccc(OCCCCCC)c(F)c3F)c(F)c2)cc1. The van der Waals surface area contributed by atoms with Gasteiger partial charge < -0.3 is 9.47 Å². The van der Waals surface area contributed by atoms with Gasteiger partial charge in [-0.25, -0.2) is 8.78 Å². The zero-order valence-corrected chi connectivity index (χ0v) is 22.1. The molecule has 0 saturated heterocycles. The monoisotopic (exact) mass is 512 g/mol. The topological polar surface area (TPSA) is 18.5 Å². The summed E-state index contributed by atoms with van der Waals surface area (Å²) in [6.45, 7) is 5.31. The van der Waals surface area contributed by atoms with E-state index >= 15 is 4.39 Å². The Morgan fingerprint density at radius 1 is 0.541 bits per heavy atom. The molecule has 37 heavy (non-hydrogen) atoms. The van der Waals surface area contributed by atoms with E-state index in [1.54, 1.807) is 6.07 Å². The van der Waals surface area contributed by atoms with Crippen molar-refractivity contribution in [1.29, 1.82) is 0 Å². The van der Waals surface area contributed by atoms with Gasteiger partial charge in [-0.05, 0) is 54.3 Å². The first-order valence-corrected chi connectivity index (χ1v) is 13.7. The number of hydrogen-bond donors (Lipinski definition) is 0. The lowest BCUT2D eigenvalue weighted by atomic mass is 9.99. The van der Waals surface area contributed by atoms with E-state index in [1.165, 1.54) is 56.4 Å². The molecule has 3 aromatic rings. The minimum Gasteiger partial charge on any atom is -0.494 e. The van der Waals surface area contributed by atoms with Crippen molar-refractivity contribution in [3.63, 3.8) is 0 Å². The zero-order valence-electron chi connectivity index (χ0n) is 22.1. The molecule has 200 valence electrons. The summed E-state index contributed by atoms with van der Waals surface area (Å²) in [6, 6.07) is 14.8. The van der Waals surface area contributed by atoms with E-state index in [4.69, 9.17) is 9.47 Å². The Morgan fingerprint density at radius 3 is 1.78 bits per heavy atom. The van der Waals surface area contributed by atoms with Crippen LogP contribution in [0.1, 0.15) is 78.1 Å². The molecule has 0 heterocycles. The molecule has 0 aliphatic rings. The second kappa shape index (κ2) is 15.3. The summed E-state index contributed by atoms with van der Waals surface area (Å²) >= 11 is 0. The van der Waals surface area contributed by atoms with Gasteiger partial charge in [-0.2, -0.15) is 4.39 Å². The van der Waals surface area contributed by atoms with Crippen LogP contribution < -0.4 is 9.47 Å². The maximum absolute atomic E-state index is 15.0. The van der Waals surface area contributed by atoms with Crippen molar-refractivity contribution >= 4 is 0 Å². The summed E-state index contributed by atoms with van der Waals surface area (Å²) in [6.07, 6.45) is 11.2. The fourth-order valence-electron chi connectivity index (χ4n) is 4.29. The molecule has 0 spiro atoms. The number of rotatable bonds is 16. The van der Waals surface area contributed by atoms with Crippen molar-refractivity contribution in [3.05, 3.63) is 72.0 Å². The van der Waals surface area contributed by atoms with Crippen LogP contribution in [0.2, 0.25) is 0 Å². The second-order valence-electron chi connectivity index (χ2n) is 9.48. The molecule has 0 fully saturated rings. The van der Waals surface area contributed by atoms with Crippen molar-refractivity contribution in [2.75, 3.05) is 13.2 Å². The van der Waals surface area contributed by atoms with Gasteiger partial charge in [0.05, 0.1) is 13.2 Å². The van der Waals surface area contributed by atoms with Gasteiger partial charge in [0.1, 0.15) is 11.6 Å². The number of halogens is 3. The van der Waals surface area contributed by atoms with Crippen LogP contribution in [0.3, 0.4) is 0 Å². The van der Waals surface area contributed by atoms with Crippen LogP contribution >= 0.6 is 0 Å². The Bertz CT molecular complexity index is 1100. The Balaban J connectivity index is 1.60. The highest BCUT2D eigenvalue weighted by Crippen LogP contribution is 2.34. The maximum atomic E-state index is 15.0. The molecule has 0 aliphatic carbocycles.